The summed E-state index contributed by atoms with van der Waals surface area (Å²) in [5, 5.41) is 9.40. The molecule has 0 aliphatic carbocycles. The molecule has 0 radical (unpaired) electrons. The average Bonchev–Trinajstić information content (AvgIpc) is 3.21. The van der Waals surface area contributed by atoms with Crippen LogP contribution in [0.1, 0.15) is 24.7 Å². The van der Waals surface area contributed by atoms with Gasteiger partial charge in [-0.15, -0.1) is 0 Å². The van der Waals surface area contributed by atoms with Gasteiger partial charge in [0, 0.05) is 25.2 Å². The van der Waals surface area contributed by atoms with Gasteiger partial charge in [0.25, 0.3) is 0 Å². The lowest BCUT2D eigenvalue weighted by molar-refractivity contribution is -0.137. The third kappa shape index (κ3) is 4.08. The second-order valence-corrected chi connectivity index (χ2v) is 6.75. The summed E-state index contributed by atoms with van der Waals surface area (Å²) in [7, 11) is 0. The summed E-state index contributed by atoms with van der Waals surface area (Å²) >= 11 is 5.08. The lowest BCUT2D eigenvalue weighted by Crippen LogP contribution is -2.33. The van der Waals surface area contributed by atoms with Crippen LogP contribution in [0.25, 0.3) is 0 Å². The van der Waals surface area contributed by atoms with Crippen LogP contribution in [0.15, 0.2) is 24.3 Å². The maximum Gasteiger partial charge on any atom is 0.416 e. The van der Waals surface area contributed by atoms with Crippen LogP contribution in [0.2, 0.25) is 0 Å². The number of rotatable bonds is 5. The van der Waals surface area contributed by atoms with E-state index in [0.717, 1.165) is 12.1 Å². The third-order valence-corrected chi connectivity index (χ3v) is 4.87. The fourth-order valence-corrected chi connectivity index (χ4v) is 3.38. The summed E-state index contributed by atoms with van der Waals surface area (Å²) in [5.41, 5.74) is -0.713. The Morgan fingerprint density at radius 2 is 2.18 bits per heavy atom. The van der Waals surface area contributed by atoms with Gasteiger partial charge in [0.2, 0.25) is 11.8 Å². The summed E-state index contributed by atoms with van der Waals surface area (Å²) < 4.78 is 40.9. The molecule has 2 aromatic rings. The molecule has 2 amide bonds. The van der Waals surface area contributed by atoms with Crippen molar-refractivity contribution in [2.45, 2.75) is 32.6 Å². The third-order valence-electron chi connectivity index (χ3n) is 4.56. The van der Waals surface area contributed by atoms with Crippen molar-refractivity contribution in [1.29, 1.82) is 0 Å². The Morgan fingerprint density at radius 3 is 2.86 bits per heavy atom. The van der Waals surface area contributed by atoms with Gasteiger partial charge in [-0.1, -0.05) is 6.07 Å². The lowest BCUT2D eigenvalue weighted by atomic mass is 10.1. The number of hydrogen-bond acceptors (Lipinski definition) is 4. The molecule has 28 heavy (non-hydrogen) atoms. The van der Waals surface area contributed by atoms with E-state index in [0.29, 0.717) is 17.1 Å². The molecule has 3 rings (SSSR count). The maximum atomic E-state index is 12.9. The number of aromatic nitrogens is 3. The van der Waals surface area contributed by atoms with Gasteiger partial charge in [0.1, 0.15) is 0 Å². The number of nitrogens with one attached hydrogen (secondary N) is 2. The molecular weight excluding hydrogens is 395 g/mol. The van der Waals surface area contributed by atoms with Crippen LogP contribution in [-0.2, 0) is 28.9 Å². The first-order valence-corrected chi connectivity index (χ1v) is 9.01. The molecule has 11 heteroatoms. The summed E-state index contributed by atoms with van der Waals surface area (Å²) in [6.45, 7) is 2.63. The van der Waals surface area contributed by atoms with E-state index in [1.165, 1.54) is 17.0 Å². The number of anilines is 1. The molecule has 2 heterocycles. The smallest absolute Gasteiger partial charge is 0.348 e. The minimum absolute atomic E-state index is 0.0204. The molecule has 1 aromatic carbocycles. The first-order chi connectivity index (χ1) is 13.2. The molecule has 1 aliphatic rings. The highest BCUT2D eigenvalue weighted by Gasteiger charge is 2.36. The number of H-pyrrole nitrogens is 1. The first-order valence-electron chi connectivity index (χ1n) is 8.60. The van der Waals surface area contributed by atoms with Gasteiger partial charge in [-0.2, -0.15) is 18.3 Å². The molecule has 1 unspecified atom stereocenters. The number of carbonyl (C=O) groups is 2. The Bertz CT molecular complexity index is 953. The molecule has 0 saturated carbocycles. The molecule has 2 N–H and O–H groups in total. The second kappa shape index (κ2) is 7.74. The summed E-state index contributed by atoms with van der Waals surface area (Å²) in [4.78, 5) is 25.9. The predicted octanol–water partition coefficient (Wildman–Crippen LogP) is 2.65. The van der Waals surface area contributed by atoms with Crippen molar-refractivity contribution in [3.63, 3.8) is 0 Å². The van der Waals surface area contributed by atoms with E-state index in [-0.39, 0.29) is 31.1 Å². The van der Waals surface area contributed by atoms with Crippen molar-refractivity contribution in [2.24, 2.45) is 5.92 Å². The van der Waals surface area contributed by atoms with Crippen LogP contribution < -0.4 is 10.2 Å². The van der Waals surface area contributed by atoms with Crippen molar-refractivity contribution < 1.29 is 22.8 Å². The fourth-order valence-electron chi connectivity index (χ4n) is 3.10. The highest BCUT2D eigenvalue weighted by molar-refractivity contribution is 7.71. The Labute approximate surface area is 163 Å². The number of amides is 2. The Balaban J connectivity index is 1.67. The zero-order valence-corrected chi connectivity index (χ0v) is 15.7. The van der Waals surface area contributed by atoms with Crippen LogP contribution in [0.4, 0.5) is 18.9 Å². The lowest BCUT2D eigenvalue weighted by Gasteiger charge is -2.18. The second-order valence-electron chi connectivity index (χ2n) is 6.36. The number of alkyl halides is 3. The number of aromatic amines is 1. The van der Waals surface area contributed by atoms with E-state index in [1.54, 1.807) is 4.57 Å². The first kappa shape index (κ1) is 20.1. The topological polar surface area (TPSA) is 83.0 Å². The minimum Gasteiger partial charge on any atom is -0.348 e. The summed E-state index contributed by atoms with van der Waals surface area (Å²) in [5.74, 6) is -0.853. The Hall–Kier alpha value is -2.69. The van der Waals surface area contributed by atoms with Crippen LogP contribution in [0.5, 0.6) is 0 Å². The number of hydrogen-bond donors (Lipinski definition) is 2. The summed E-state index contributed by atoms with van der Waals surface area (Å²) in [6.07, 6.45) is -4.57. The fraction of sp³-hybridized carbons (Fsp3) is 0.412. The van der Waals surface area contributed by atoms with E-state index in [1.807, 2.05) is 6.92 Å². The van der Waals surface area contributed by atoms with Crippen LogP contribution in [0, 0.1) is 10.7 Å². The van der Waals surface area contributed by atoms with E-state index < -0.39 is 23.6 Å². The number of nitrogens with zero attached hydrogens (tertiary/aromatic N) is 3. The molecule has 1 fully saturated rings. The van der Waals surface area contributed by atoms with Crippen molar-refractivity contribution in [2.75, 3.05) is 11.4 Å². The van der Waals surface area contributed by atoms with Gasteiger partial charge in [-0.25, -0.2) is 0 Å². The zero-order valence-electron chi connectivity index (χ0n) is 14.9. The molecule has 150 valence electrons. The molecular formula is C17H18F3N5O2S. The largest absolute Gasteiger partial charge is 0.416 e. The summed E-state index contributed by atoms with van der Waals surface area (Å²) in [6, 6.07) is 4.52. The van der Waals surface area contributed by atoms with Crippen molar-refractivity contribution in [3.8, 4) is 0 Å². The molecule has 0 bridgehead atoms. The quantitative estimate of drug-likeness (QED) is 0.739. The van der Waals surface area contributed by atoms with Crippen LogP contribution >= 0.6 is 12.2 Å². The Kier molecular flexibility index (Phi) is 5.54. The molecule has 0 spiro atoms. The van der Waals surface area contributed by atoms with E-state index >= 15 is 0 Å². The van der Waals surface area contributed by atoms with Crippen LogP contribution in [0.3, 0.4) is 0 Å². The standard InChI is InChI=1S/C17H18F3N5O2S/c1-2-24-13(22-23-16(24)28)8-21-15(27)10-6-14(26)25(9-10)12-5-3-4-11(7-12)17(18,19)20/h3-5,7,10H,2,6,8-9H2,1H3,(H,21,27)(H,23,28). The molecule has 1 saturated heterocycles. The molecule has 1 atom stereocenters. The molecule has 1 aliphatic heterocycles. The number of carbonyl (C=O) groups excluding carboxylic acids is 2. The van der Waals surface area contributed by atoms with Gasteiger partial charge < -0.3 is 14.8 Å². The van der Waals surface area contributed by atoms with Crippen molar-refractivity contribution in [3.05, 3.63) is 40.4 Å². The van der Waals surface area contributed by atoms with Gasteiger partial charge in [0.05, 0.1) is 18.0 Å². The van der Waals surface area contributed by atoms with Gasteiger partial charge in [0.15, 0.2) is 10.6 Å². The molecule has 7 nitrogen and oxygen atoms in total. The minimum atomic E-state index is -4.50. The van der Waals surface area contributed by atoms with E-state index in [2.05, 4.69) is 15.5 Å². The highest BCUT2D eigenvalue weighted by atomic mass is 32.1. The van der Waals surface area contributed by atoms with Crippen LogP contribution in [-0.4, -0.2) is 33.1 Å². The van der Waals surface area contributed by atoms with Crippen molar-refractivity contribution in [1.82, 2.24) is 20.1 Å². The Morgan fingerprint density at radius 1 is 1.43 bits per heavy atom. The van der Waals surface area contributed by atoms with Gasteiger partial charge >= 0.3 is 6.18 Å². The monoisotopic (exact) mass is 413 g/mol. The average molecular weight is 413 g/mol. The zero-order chi connectivity index (χ0) is 20.5. The number of halogens is 3. The van der Waals surface area contributed by atoms with E-state index in [4.69, 9.17) is 12.2 Å². The van der Waals surface area contributed by atoms with Gasteiger partial charge in [-0.05, 0) is 37.3 Å². The highest BCUT2D eigenvalue weighted by Crippen LogP contribution is 2.33. The normalized spacial score (nSPS) is 17.2. The molecule has 1 aromatic heterocycles. The predicted molar refractivity (Wildman–Crippen MR) is 96.8 cm³/mol. The maximum absolute atomic E-state index is 12.9. The van der Waals surface area contributed by atoms with Gasteiger partial charge in [-0.3, -0.25) is 14.7 Å². The van der Waals surface area contributed by atoms with Crippen molar-refractivity contribution >= 4 is 29.7 Å². The SMILES string of the molecule is CCn1c(CNC(=O)C2CC(=O)N(c3cccc(C(F)(F)F)c3)C2)n[nH]c1=S. The number of benzene rings is 1. The van der Waals surface area contributed by atoms with E-state index in [9.17, 15) is 22.8 Å².